The minimum Gasteiger partial charge on any atom is -0.323 e. The van der Waals surface area contributed by atoms with Crippen LogP contribution < -0.4 is 0 Å². The summed E-state index contributed by atoms with van der Waals surface area (Å²) >= 11 is 6.17. The van der Waals surface area contributed by atoms with Gasteiger partial charge >= 0.3 is 0 Å². The van der Waals surface area contributed by atoms with Crippen LogP contribution in [-0.2, 0) is 20.1 Å². The fourth-order valence-electron chi connectivity index (χ4n) is 5.02. The zero-order valence-electron chi connectivity index (χ0n) is 19.9. The summed E-state index contributed by atoms with van der Waals surface area (Å²) in [6.07, 6.45) is 3.52. The van der Waals surface area contributed by atoms with Crippen LogP contribution in [-0.4, -0.2) is 15.0 Å². The summed E-state index contributed by atoms with van der Waals surface area (Å²) in [5.74, 6) is 0. The van der Waals surface area contributed by atoms with Crippen molar-refractivity contribution in [3.63, 3.8) is 0 Å². The molecule has 3 heterocycles. The van der Waals surface area contributed by atoms with Crippen LogP contribution in [0, 0.1) is 12.1 Å². The molecule has 5 heteroatoms. The Morgan fingerprint density at radius 2 is 1.39 bits per heavy atom. The van der Waals surface area contributed by atoms with Crippen LogP contribution in [0.5, 0.6) is 0 Å². The molecule has 0 atom stereocenters. The van der Waals surface area contributed by atoms with E-state index in [1.165, 1.54) is 27.6 Å². The number of halogens is 1. The van der Waals surface area contributed by atoms with Crippen molar-refractivity contribution in [1.29, 1.82) is 0 Å². The third-order valence-corrected chi connectivity index (χ3v) is 6.97. The van der Waals surface area contributed by atoms with Gasteiger partial charge in [0.15, 0.2) is 0 Å². The van der Waals surface area contributed by atoms with Crippen LogP contribution in [0.2, 0.25) is 5.02 Å². The largest absolute Gasteiger partial charge is 0.323 e. The summed E-state index contributed by atoms with van der Waals surface area (Å²) in [5, 5.41) is 3.90. The molecule has 7 aromatic rings. The Morgan fingerprint density at radius 3 is 2.21 bits per heavy atom. The van der Waals surface area contributed by atoms with Crippen LogP contribution in [0.3, 0.4) is 0 Å². The van der Waals surface area contributed by atoms with E-state index in [2.05, 4.69) is 58.5 Å². The van der Waals surface area contributed by atoms with Gasteiger partial charge in [-0.05, 0) is 41.1 Å². The second kappa shape index (κ2) is 10.1. The Hall–Kier alpha value is -3.95. The van der Waals surface area contributed by atoms with Crippen LogP contribution in [0.4, 0.5) is 0 Å². The number of benzene rings is 4. The van der Waals surface area contributed by atoms with Gasteiger partial charge in [0.1, 0.15) is 0 Å². The van der Waals surface area contributed by atoms with E-state index in [1.807, 2.05) is 60.7 Å². The first kappa shape index (κ1) is 24.4. The van der Waals surface area contributed by atoms with E-state index < -0.39 is 0 Å². The molecular formula is C33H18ClIrN3-2. The number of rotatable bonds is 1. The van der Waals surface area contributed by atoms with Gasteiger partial charge in [-0.25, -0.2) is 0 Å². The van der Waals surface area contributed by atoms with Crippen LogP contribution in [0.15, 0.2) is 109 Å². The Kier molecular flexibility index (Phi) is 6.47. The van der Waals surface area contributed by atoms with Crippen molar-refractivity contribution in [3.8, 4) is 33.5 Å². The van der Waals surface area contributed by atoms with Crippen molar-refractivity contribution in [1.82, 2.24) is 15.0 Å². The van der Waals surface area contributed by atoms with Crippen LogP contribution in [0.25, 0.3) is 66.2 Å². The van der Waals surface area contributed by atoms with Gasteiger partial charge in [-0.1, -0.05) is 64.5 Å². The molecule has 183 valence electrons. The quantitative estimate of drug-likeness (QED) is 0.129. The molecule has 1 aliphatic carbocycles. The summed E-state index contributed by atoms with van der Waals surface area (Å²) in [5.41, 5.74) is 9.73. The third-order valence-electron chi connectivity index (χ3n) is 6.66. The molecule has 1 radical (unpaired) electrons. The average Bonchev–Trinajstić information content (AvgIpc) is 3.29. The van der Waals surface area contributed by atoms with Crippen molar-refractivity contribution < 1.29 is 20.1 Å². The van der Waals surface area contributed by atoms with E-state index >= 15 is 0 Å². The predicted molar refractivity (Wildman–Crippen MR) is 151 cm³/mol. The second-order valence-corrected chi connectivity index (χ2v) is 9.23. The molecule has 3 aromatic heterocycles. The summed E-state index contributed by atoms with van der Waals surface area (Å²) < 4.78 is 0. The maximum Gasteiger partial charge on any atom is 0.0979 e. The van der Waals surface area contributed by atoms with E-state index in [0.29, 0.717) is 0 Å². The molecule has 1 aliphatic rings. The first-order chi connectivity index (χ1) is 18.3. The Morgan fingerprint density at radius 1 is 0.632 bits per heavy atom. The fraction of sp³-hybridized carbons (Fsp3) is 0. The minimum absolute atomic E-state index is 0. The smallest absolute Gasteiger partial charge is 0.0979 e. The standard InChI is InChI=1S/C21H11N.C12H7ClN2.Ir/c1-2-7-14(8-3-1)20-13-18-16-10-5-4-9-15(16)17-11-6-12-19(22-20)21(17)18;13-10-7-8-3-1-5-14-11(8)12-9(10)4-2-6-15-12;/h1-7,9-11,13H;1-7H;/q-2;;. The zero-order chi connectivity index (χ0) is 24.8. The maximum atomic E-state index is 6.17. The summed E-state index contributed by atoms with van der Waals surface area (Å²) in [6, 6.07) is 39.0. The third kappa shape index (κ3) is 4.08. The minimum atomic E-state index is 0. The van der Waals surface area contributed by atoms with E-state index in [4.69, 9.17) is 16.6 Å². The topological polar surface area (TPSA) is 38.7 Å². The Labute approximate surface area is 238 Å². The maximum absolute atomic E-state index is 6.17. The molecule has 3 nitrogen and oxygen atoms in total. The van der Waals surface area contributed by atoms with Crippen molar-refractivity contribution in [2.45, 2.75) is 0 Å². The molecule has 38 heavy (non-hydrogen) atoms. The van der Waals surface area contributed by atoms with Gasteiger partial charge in [-0.2, -0.15) is 18.2 Å². The number of hydrogen-bond donors (Lipinski definition) is 0. The van der Waals surface area contributed by atoms with Crippen molar-refractivity contribution in [2.24, 2.45) is 0 Å². The number of fused-ring (bicyclic) bond motifs is 6. The molecule has 0 bridgehead atoms. The first-order valence-corrected chi connectivity index (χ1v) is 12.4. The van der Waals surface area contributed by atoms with Gasteiger partial charge in [0.2, 0.25) is 0 Å². The molecule has 8 rings (SSSR count). The number of nitrogens with zero attached hydrogens (tertiary/aromatic N) is 3. The van der Waals surface area contributed by atoms with Gasteiger partial charge in [0.25, 0.3) is 0 Å². The number of hydrogen-bond acceptors (Lipinski definition) is 3. The predicted octanol–water partition coefficient (Wildman–Crippen LogP) is 8.58. The molecule has 0 N–H and O–H groups in total. The second-order valence-electron chi connectivity index (χ2n) is 8.82. The summed E-state index contributed by atoms with van der Waals surface area (Å²) in [4.78, 5) is 13.5. The SMILES string of the molecule is Clc1cc2cccnc2c2ncccc12.[Ir].[c-]1ccccc1-c1cc2c3c(cc[c-]c3n1)-c1ccccc1-2. The van der Waals surface area contributed by atoms with Gasteiger partial charge < -0.3 is 4.98 Å². The van der Waals surface area contributed by atoms with E-state index in [-0.39, 0.29) is 20.1 Å². The van der Waals surface area contributed by atoms with Crippen molar-refractivity contribution in [2.75, 3.05) is 0 Å². The van der Waals surface area contributed by atoms with Crippen LogP contribution in [0.1, 0.15) is 0 Å². The van der Waals surface area contributed by atoms with Gasteiger partial charge in [0, 0.05) is 43.3 Å². The van der Waals surface area contributed by atoms with Gasteiger partial charge in [0.05, 0.1) is 16.1 Å². The molecule has 0 saturated carbocycles. The molecule has 0 amide bonds. The normalized spacial score (nSPS) is 11.1. The molecule has 4 aromatic carbocycles. The van der Waals surface area contributed by atoms with Crippen molar-refractivity contribution >= 4 is 44.3 Å². The number of pyridine rings is 3. The fourth-order valence-corrected chi connectivity index (χ4v) is 5.29. The average molecular weight is 684 g/mol. The Balaban J connectivity index is 0.000000145. The molecule has 0 fully saturated rings. The van der Waals surface area contributed by atoms with Gasteiger partial charge in [-0.3, -0.25) is 9.97 Å². The van der Waals surface area contributed by atoms with E-state index in [1.54, 1.807) is 12.4 Å². The van der Waals surface area contributed by atoms with E-state index in [9.17, 15) is 0 Å². The van der Waals surface area contributed by atoms with Crippen molar-refractivity contribution in [3.05, 3.63) is 127 Å². The first-order valence-electron chi connectivity index (χ1n) is 12.0. The zero-order valence-corrected chi connectivity index (χ0v) is 23.1. The summed E-state index contributed by atoms with van der Waals surface area (Å²) in [7, 11) is 0. The molecule has 0 unspecified atom stereocenters. The molecule has 0 aliphatic heterocycles. The number of aromatic nitrogens is 3. The van der Waals surface area contributed by atoms with Gasteiger partial charge in [-0.15, -0.1) is 41.5 Å². The molecule has 0 spiro atoms. The molecule has 0 saturated heterocycles. The Bertz CT molecular complexity index is 1950. The monoisotopic (exact) mass is 684 g/mol. The van der Waals surface area contributed by atoms with E-state index in [0.717, 1.165) is 43.6 Å². The van der Waals surface area contributed by atoms with Crippen LogP contribution >= 0.6 is 11.6 Å². The summed E-state index contributed by atoms with van der Waals surface area (Å²) in [6.45, 7) is 0. The molecular weight excluding hydrogens is 666 g/mol.